The molecule has 1 aromatic rings. The van der Waals surface area contributed by atoms with Crippen molar-refractivity contribution in [2.75, 3.05) is 13.7 Å². The number of rotatable bonds is 6. The Bertz CT molecular complexity index is 627. The highest BCUT2D eigenvalue weighted by Gasteiger charge is 2.50. The second-order valence-corrected chi connectivity index (χ2v) is 6.14. The molecule has 0 amide bonds. The Balaban J connectivity index is 2.26. The predicted molar refractivity (Wildman–Crippen MR) is 83.8 cm³/mol. The maximum Gasteiger partial charge on any atom is 0.338 e. The fraction of sp³-hybridized carbons (Fsp3) is 0.529. The topological polar surface area (TPSA) is 113 Å². The van der Waals surface area contributed by atoms with E-state index in [-0.39, 0.29) is 48.5 Å². The molecule has 3 unspecified atom stereocenters. The van der Waals surface area contributed by atoms with Crippen molar-refractivity contribution in [3.63, 3.8) is 0 Å². The van der Waals surface area contributed by atoms with Crippen LogP contribution in [0.2, 0.25) is 0 Å². The first kappa shape index (κ1) is 18.2. The Labute approximate surface area is 139 Å². The highest BCUT2D eigenvalue weighted by atomic mass is 16.6. The molecule has 0 radical (unpaired) electrons. The molecule has 1 saturated heterocycles. The lowest BCUT2D eigenvalue weighted by Crippen LogP contribution is -2.42. The van der Waals surface area contributed by atoms with E-state index in [2.05, 4.69) is 0 Å². The number of benzene rings is 1. The quantitative estimate of drug-likeness (QED) is 0.408. The zero-order valence-electron chi connectivity index (χ0n) is 13.7. The van der Waals surface area contributed by atoms with Gasteiger partial charge in [0.05, 0.1) is 25.2 Å². The van der Waals surface area contributed by atoms with Gasteiger partial charge in [-0.1, -0.05) is 6.92 Å². The van der Waals surface area contributed by atoms with Crippen molar-refractivity contribution in [1.29, 1.82) is 0 Å². The van der Waals surface area contributed by atoms with Crippen LogP contribution < -0.4 is 0 Å². The summed E-state index contributed by atoms with van der Waals surface area (Å²) in [5.41, 5.74) is -1.53. The lowest BCUT2D eigenvalue weighted by molar-refractivity contribution is -0.170. The Morgan fingerprint density at radius 1 is 1.42 bits per heavy atom. The summed E-state index contributed by atoms with van der Waals surface area (Å²) in [5, 5.41) is 28.6. The molecular weight excluding hydrogens is 316 g/mol. The summed E-state index contributed by atoms with van der Waals surface area (Å²) in [5.74, 6) is -1.83. The molecule has 24 heavy (non-hydrogen) atoms. The number of ketones is 1. The summed E-state index contributed by atoms with van der Waals surface area (Å²) >= 11 is 0. The minimum absolute atomic E-state index is 0.0828. The number of aliphatic hydroxyl groups is 1. The van der Waals surface area contributed by atoms with Gasteiger partial charge in [0.2, 0.25) is 0 Å². The van der Waals surface area contributed by atoms with Crippen molar-refractivity contribution < 1.29 is 34.4 Å². The summed E-state index contributed by atoms with van der Waals surface area (Å²) in [6, 6.07) is 3.61. The van der Waals surface area contributed by atoms with Gasteiger partial charge in [-0.25, -0.2) is 4.79 Å². The number of carbonyl (C=O) groups excluding carboxylic acids is 2. The molecule has 1 aliphatic rings. The van der Waals surface area contributed by atoms with Crippen molar-refractivity contribution in [3.05, 3.63) is 23.8 Å². The number of aliphatic hydroxyl groups excluding tert-OH is 1. The van der Waals surface area contributed by atoms with Crippen LogP contribution in [0.15, 0.2) is 18.2 Å². The van der Waals surface area contributed by atoms with Crippen molar-refractivity contribution >= 4 is 11.8 Å². The summed E-state index contributed by atoms with van der Waals surface area (Å²) in [6.07, 6.45) is 0.112. The molecule has 0 bridgehead atoms. The molecule has 1 aromatic carbocycles. The SMILES string of the molecule is COC(=O)C1(CC(=O)c2cc(O)ccc2O)CCC(C(C)CO)O1. The molecule has 132 valence electrons. The van der Waals surface area contributed by atoms with Crippen LogP contribution in [0.1, 0.15) is 36.5 Å². The van der Waals surface area contributed by atoms with Gasteiger partial charge in [-0.15, -0.1) is 0 Å². The van der Waals surface area contributed by atoms with E-state index >= 15 is 0 Å². The summed E-state index contributed by atoms with van der Waals surface area (Å²) in [4.78, 5) is 24.8. The molecule has 0 aliphatic carbocycles. The Morgan fingerprint density at radius 3 is 2.75 bits per heavy atom. The lowest BCUT2D eigenvalue weighted by Gasteiger charge is -2.27. The maximum absolute atomic E-state index is 12.5. The third-order valence-electron chi connectivity index (χ3n) is 4.42. The molecule has 7 nitrogen and oxygen atoms in total. The molecule has 2 rings (SSSR count). The zero-order chi connectivity index (χ0) is 17.9. The number of hydrogen-bond donors (Lipinski definition) is 3. The maximum atomic E-state index is 12.5. The van der Waals surface area contributed by atoms with Gasteiger partial charge in [-0.05, 0) is 31.0 Å². The summed E-state index contributed by atoms with van der Waals surface area (Å²) in [6.45, 7) is 1.70. The summed E-state index contributed by atoms with van der Waals surface area (Å²) in [7, 11) is 1.21. The van der Waals surface area contributed by atoms with Crippen molar-refractivity contribution in [2.24, 2.45) is 5.92 Å². The van der Waals surface area contributed by atoms with Crippen LogP contribution in [0.4, 0.5) is 0 Å². The third kappa shape index (κ3) is 3.52. The van der Waals surface area contributed by atoms with Gasteiger partial charge in [0.15, 0.2) is 11.4 Å². The molecule has 0 aromatic heterocycles. The largest absolute Gasteiger partial charge is 0.508 e. The van der Waals surface area contributed by atoms with E-state index in [1.165, 1.54) is 19.2 Å². The smallest absolute Gasteiger partial charge is 0.338 e. The van der Waals surface area contributed by atoms with Gasteiger partial charge >= 0.3 is 5.97 Å². The van der Waals surface area contributed by atoms with Crippen molar-refractivity contribution in [2.45, 2.75) is 37.9 Å². The van der Waals surface area contributed by atoms with Gasteiger partial charge in [-0.2, -0.15) is 0 Å². The first-order chi connectivity index (χ1) is 11.3. The number of esters is 1. The van der Waals surface area contributed by atoms with Gasteiger partial charge in [-0.3, -0.25) is 4.79 Å². The van der Waals surface area contributed by atoms with E-state index in [4.69, 9.17) is 9.47 Å². The third-order valence-corrected chi connectivity index (χ3v) is 4.42. The first-order valence-electron chi connectivity index (χ1n) is 7.75. The number of aromatic hydroxyl groups is 2. The number of carbonyl (C=O) groups is 2. The first-order valence-corrected chi connectivity index (χ1v) is 7.75. The van der Waals surface area contributed by atoms with E-state index in [9.17, 15) is 24.9 Å². The van der Waals surface area contributed by atoms with Gasteiger partial charge in [0.25, 0.3) is 0 Å². The van der Waals surface area contributed by atoms with Gasteiger partial charge in [0.1, 0.15) is 11.5 Å². The average Bonchev–Trinajstić information content (AvgIpc) is 3.00. The van der Waals surface area contributed by atoms with Gasteiger partial charge < -0.3 is 24.8 Å². The standard InChI is InChI=1S/C17H22O7/c1-10(9-18)15-5-6-17(24-15,16(22)23-2)8-14(21)12-7-11(19)3-4-13(12)20/h3-4,7,10,15,18-20H,5-6,8-9H2,1-2H3. The minimum Gasteiger partial charge on any atom is -0.508 e. The fourth-order valence-corrected chi connectivity index (χ4v) is 2.94. The van der Waals surface area contributed by atoms with Crippen LogP contribution in [-0.4, -0.2) is 52.5 Å². The highest BCUT2D eigenvalue weighted by Crippen LogP contribution is 2.39. The Kier molecular flexibility index (Phi) is 5.46. The van der Waals surface area contributed by atoms with Crippen LogP contribution in [-0.2, 0) is 14.3 Å². The molecule has 1 heterocycles. The highest BCUT2D eigenvalue weighted by molar-refractivity contribution is 6.02. The summed E-state index contributed by atoms with van der Waals surface area (Å²) < 4.78 is 10.6. The van der Waals surface area contributed by atoms with E-state index in [1.54, 1.807) is 6.92 Å². The predicted octanol–water partition coefficient (Wildman–Crippen LogP) is 1.39. The lowest BCUT2D eigenvalue weighted by atomic mass is 9.90. The van der Waals surface area contributed by atoms with Crippen LogP contribution in [0, 0.1) is 5.92 Å². The number of methoxy groups -OCH3 is 1. The molecule has 0 spiro atoms. The number of Topliss-reactive ketones (excluding diaryl/α,β-unsaturated/α-hetero) is 1. The van der Waals surface area contributed by atoms with E-state index in [0.29, 0.717) is 6.42 Å². The van der Waals surface area contributed by atoms with Gasteiger partial charge in [0, 0.05) is 12.5 Å². The molecule has 7 heteroatoms. The molecule has 1 fully saturated rings. The molecule has 3 N–H and O–H groups in total. The fourth-order valence-electron chi connectivity index (χ4n) is 2.94. The molecule has 3 atom stereocenters. The zero-order valence-corrected chi connectivity index (χ0v) is 13.7. The molecule has 1 aliphatic heterocycles. The normalized spacial score (nSPS) is 24.5. The van der Waals surface area contributed by atoms with Crippen molar-refractivity contribution in [1.82, 2.24) is 0 Å². The molecule has 0 saturated carbocycles. The van der Waals surface area contributed by atoms with Crippen LogP contribution in [0.3, 0.4) is 0 Å². The second kappa shape index (κ2) is 7.19. The number of phenols is 2. The second-order valence-electron chi connectivity index (χ2n) is 6.14. The van der Waals surface area contributed by atoms with Crippen LogP contribution in [0.5, 0.6) is 11.5 Å². The molecular formula is C17H22O7. The number of phenolic OH excluding ortho intramolecular Hbond substituents is 2. The van der Waals surface area contributed by atoms with E-state index < -0.39 is 17.4 Å². The average molecular weight is 338 g/mol. The van der Waals surface area contributed by atoms with Crippen LogP contribution in [0.25, 0.3) is 0 Å². The van der Waals surface area contributed by atoms with E-state index in [0.717, 1.165) is 6.07 Å². The number of hydrogen-bond acceptors (Lipinski definition) is 7. The Hall–Kier alpha value is -2.12. The minimum atomic E-state index is -1.45. The Morgan fingerprint density at radius 2 is 2.12 bits per heavy atom. The van der Waals surface area contributed by atoms with E-state index in [1.807, 2.05) is 0 Å². The number of ether oxygens (including phenoxy) is 2. The van der Waals surface area contributed by atoms with Crippen molar-refractivity contribution in [3.8, 4) is 11.5 Å². The van der Waals surface area contributed by atoms with Crippen LogP contribution >= 0.6 is 0 Å². The monoisotopic (exact) mass is 338 g/mol.